The zero-order valence-corrected chi connectivity index (χ0v) is 10.3. The summed E-state index contributed by atoms with van der Waals surface area (Å²) in [6.07, 6.45) is 1.96. The number of rotatable bonds is 4. The third-order valence-corrected chi connectivity index (χ3v) is 2.39. The highest BCUT2D eigenvalue weighted by atomic mass is 16.6. The second kappa shape index (κ2) is 5.69. The Kier molecular flexibility index (Phi) is 3.79. The van der Waals surface area contributed by atoms with Crippen molar-refractivity contribution in [2.24, 2.45) is 0 Å². The molecule has 0 saturated heterocycles. The summed E-state index contributed by atoms with van der Waals surface area (Å²) in [4.78, 5) is 38.8. The highest BCUT2D eigenvalue weighted by molar-refractivity contribution is 6.02. The van der Waals surface area contributed by atoms with Crippen molar-refractivity contribution in [3.8, 4) is 0 Å². The molecule has 0 saturated carbocycles. The van der Waals surface area contributed by atoms with Gasteiger partial charge in [-0.25, -0.2) is 9.97 Å². The quantitative estimate of drug-likeness (QED) is 0.664. The first-order chi connectivity index (χ1) is 9.97. The van der Waals surface area contributed by atoms with Crippen LogP contribution in [0.3, 0.4) is 0 Å². The van der Waals surface area contributed by atoms with Gasteiger partial charge in [0, 0.05) is 12.1 Å². The molecule has 0 aliphatic rings. The second-order valence-electron chi connectivity index (χ2n) is 3.77. The van der Waals surface area contributed by atoms with Gasteiger partial charge >= 0.3 is 0 Å². The van der Waals surface area contributed by atoms with E-state index >= 15 is 0 Å². The average Bonchev–Trinajstić information content (AvgIpc) is 2.47. The monoisotopic (exact) mass is 289 g/mol. The fourth-order valence-corrected chi connectivity index (χ4v) is 1.38. The third-order valence-electron chi connectivity index (χ3n) is 2.39. The predicted octanol–water partition coefficient (Wildman–Crippen LogP) is 1.55. The van der Waals surface area contributed by atoms with Gasteiger partial charge in [0.2, 0.25) is 0 Å². The largest absolute Gasteiger partial charge is 0.305 e. The molecule has 21 heavy (non-hydrogen) atoms. The van der Waals surface area contributed by atoms with Crippen LogP contribution in [0.2, 0.25) is 0 Å². The van der Waals surface area contributed by atoms with Crippen molar-refractivity contribution in [3.63, 3.8) is 0 Å². The molecular weight excluding hydrogens is 282 g/mol. The van der Waals surface area contributed by atoms with Crippen molar-refractivity contribution in [3.05, 3.63) is 62.6 Å². The van der Waals surface area contributed by atoms with Crippen LogP contribution in [-0.2, 0) is 0 Å². The molecule has 0 atom stereocenters. The second-order valence-corrected chi connectivity index (χ2v) is 3.77. The maximum Gasteiger partial charge on any atom is 0.287 e. The Bertz CT molecular complexity index is 698. The molecule has 10 heteroatoms. The van der Waals surface area contributed by atoms with E-state index in [9.17, 15) is 25.0 Å². The van der Waals surface area contributed by atoms with Gasteiger partial charge in [-0.3, -0.25) is 25.0 Å². The summed E-state index contributed by atoms with van der Waals surface area (Å²) in [5.74, 6) is -0.531. The lowest BCUT2D eigenvalue weighted by atomic mass is 10.3. The number of amides is 1. The number of hydrogen-bond donors (Lipinski definition) is 1. The molecule has 2 aromatic heterocycles. The predicted molar refractivity (Wildman–Crippen MR) is 69.7 cm³/mol. The van der Waals surface area contributed by atoms with E-state index in [-0.39, 0.29) is 22.9 Å². The van der Waals surface area contributed by atoms with Gasteiger partial charge in [0.25, 0.3) is 17.3 Å². The van der Waals surface area contributed by atoms with Crippen LogP contribution in [0.25, 0.3) is 0 Å². The van der Waals surface area contributed by atoms with Gasteiger partial charge in [-0.05, 0) is 12.1 Å². The van der Waals surface area contributed by atoms with Crippen LogP contribution in [0.15, 0.2) is 36.7 Å². The van der Waals surface area contributed by atoms with Crippen molar-refractivity contribution in [1.82, 2.24) is 9.97 Å². The Morgan fingerprint density at radius 1 is 0.952 bits per heavy atom. The highest BCUT2D eigenvalue weighted by Crippen LogP contribution is 2.13. The van der Waals surface area contributed by atoms with Gasteiger partial charge in [-0.2, -0.15) is 0 Å². The Morgan fingerprint density at radius 2 is 1.52 bits per heavy atom. The molecule has 0 aliphatic heterocycles. The molecule has 0 aliphatic carbocycles. The molecule has 0 aromatic carbocycles. The summed E-state index contributed by atoms with van der Waals surface area (Å²) < 4.78 is 0. The lowest BCUT2D eigenvalue weighted by Crippen LogP contribution is -2.14. The summed E-state index contributed by atoms with van der Waals surface area (Å²) in [6.45, 7) is 0. The molecule has 10 nitrogen and oxygen atoms in total. The highest BCUT2D eigenvalue weighted by Gasteiger charge is 2.12. The molecule has 0 spiro atoms. The Hall–Kier alpha value is -3.43. The minimum atomic E-state index is -0.633. The van der Waals surface area contributed by atoms with Crippen molar-refractivity contribution >= 4 is 23.1 Å². The maximum atomic E-state index is 11.8. The van der Waals surface area contributed by atoms with Crippen LogP contribution < -0.4 is 5.32 Å². The summed E-state index contributed by atoms with van der Waals surface area (Å²) in [6, 6.07) is 4.79. The van der Waals surface area contributed by atoms with Crippen LogP contribution in [0.5, 0.6) is 0 Å². The average molecular weight is 289 g/mol. The van der Waals surface area contributed by atoms with Crippen molar-refractivity contribution in [2.45, 2.75) is 0 Å². The van der Waals surface area contributed by atoms with Gasteiger partial charge in [-0.1, -0.05) is 0 Å². The van der Waals surface area contributed by atoms with Crippen molar-refractivity contribution < 1.29 is 14.6 Å². The third kappa shape index (κ3) is 3.32. The van der Waals surface area contributed by atoms with Crippen LogP contribution >= 0.6 is 0 Å². The number of carbonyl (C=O) groups is 1. The Balaban J connectivity index is 2.10. The van der Waals surface area contributed by atoms with Gasteiger partial charge in [0.1, 0.15) is 23.9 Å². The topological polar surface area (TPSA) is 141 Å². The number of anilines is 1. The van der Waals surface area contributed by atoms with Crippen LogP contribution in [0.4, 0.5) is 17.2 Å². The zero-order valence-electron chi connectivity index (χ0n) is 10.3. The first kappa shape index (κ1) is 14.0. The summed E-state index contributed by atoms with van der Waals surface area (Å²) >= 11 is 0. The summed E-state index contributed by atoms with van der Waals surface area (Å²) in [7, 11) is 0. The number of hydrogen-bond acceptors (Lipinski definition) is 7. The van der Waals surface area contributed by atoms with E-state index in [0.29, 0.717) is 0 Å². The van der Waals surface area contributed by atoms with Crippen molar-refractivity contribution in [2.75, 3.05) is 5.32 Å². The Labute approximate surface area is 116 Å². The minimum absolute atomic E-state index is 0.0410. The van der Waals surface area contributed by atoms with Crippen LogP contribution in [-0.4, -0.2) is 25.7 Å². The molecule has 0 unspecified atom stereocenters. The number of nitrogens with zero attached hydrogens (tertiary/aromatic N) is 4. The standard InChI is InChI=1S/C11H7N5O5/c17-11(9-3-1-7(5-12-9)15(18)19)14-10-4-2-8(6-13-10)16(20)21/h1-6H,(H,13,14,17). The maximum absolute atomic E-state index is 11.8. The first-order valence-corrected chi connectivity index (χ1v) is 5.49. The fraction of sp³-hybridized carbons (Fsp3) is 0. The first-order valence-electron chi connectivity index (χ1n) is 5.49. The number of nitrogens with one attached hydrogen (secondary N) is 1. The smallest absolute Gasteiger partial charge is 0.287 e. The molecule has 0 radical (unpaired) electrons. The lowest BCUT2D eigenvalue weighted by molar-refractivity contribution is -0.385. The minimum Gasteiger partial charge on any atom is -0.305 e. The molecule has 2 rings (SSSR count). The van der Waals surface area contributed by atoms with E-state index in [4.69, 9.17) is 0 Å². The number of nitro groups is 2. The normalized spacial score (nSPS) is 9.90. The van der Waals surface area contributed by atoms with Crippen LogP contribution in [0.1, 0.15) is 10.5 Å². The van der Waals surface area contributed by atoms with Gasteiger partial charge in [0.15, 0.2) is 0 Å². The number of carbonyl (C=O) groups excluding carboxylic acids is 1. The summed E-state index contributed by atoms with van der Waals surface area (Å²) in [5, 5.41) is 23.3. The van der Waals surface area contributed by atoms with Gasteiger partial charge < -0.3 is 5.32 Å². The van der Waals surface area contributed by atoms with E-state index in [1.807, 2.05) is 0 Å². The molecule has 1 N–H and O–H groups in total. The molecule has 2 aromatic rings. The van der Waals surface area contributed by atoms with E-state index < -0.39 is 15.8 Å². The zero-order chi connectivity index (χ0) is 15.4. The molecule has 0 fully saturated rings. The molecular formula is C11H7N5O5. The fourth-order valence-electron chi connectivity index (χ4n) is 1.38. The number of aromatic nitrogens is 2. The lowest BCUT2D eigenvalue weighted by Gasteiger charge is -2.03. The van der Waals surface area contributed by atoms with E-state index in [0.717, 1.165) is 18.5 Å². The van der Waals surface area contributed by atoms with Crippen molar-refractivity contribution in [1.29, 1.82) is 0 Å². The SMILES string of the molecule is O=C(Nc1ccc([N+](=O)[O-])cn1)c1ccc([N+](=O)[O-])cn1. The van der Waals surface area contributed by atoms with E-state index in [1.54, 1.807) is 0 Å². The van der Waals surface area contributed by atoms with Gasteiger partial charge in [0.05, 0.1) is 9.85 Å². The molecule has 2 heterocycles. The van der Waals surface area contributed by atoms with Crippen LogP contribution in [0, 0.1) is 20.2 Å². The summed E-state index contributed by atoms with van der Waals surface area (Å²) in [5.41, 5.74) is -0.484. The Morgan fingerprint density at radius 3 is 1.95 bits per heavy atom. The molecule has 1 amide bonds. The molecule has 0 bridgehead atoms. The van der Waals surface area contributed by atoms with E-state index in [1.165, 1.54) is 18.2 Å². The molecule has 106 valence electrons. The number of pyridine rings is 2. The van der Waals surface area contributed by atoms with Gasteiger partial charge in [-0.15, -0.1) is 0 Å². The van der Waals surface area contributed by atoms with E-state index in [2.05, 4.69) is 15.3 Å².